The molecule has 1 amide bonds. The standard InChI is InChI=1S/C9H5F6NO.C2H4O2/c10-8(11,12)5-3-1-2-4(7(16)17)6(5)9(13,14)15;1-2(3)4/h1-3H,(H2,16,17);1H3,(H,3,4). The Hall–Kier alpha value is -2.26. The van der Waals surface area contributed by atoms with E-state index in [1.165, 1.54) is 0 Å². The van der Waals surface area contributed by atoms with Crippen LogP contribution in [0.15, 0.2) is 18.2 Å². The van der Waals surface area contributed by atoms with Crippen LogP contribution in [-0.2, 0) is 17.1 Å². The summed E-state index contributed by atoms with van der Waals surface area (Å²) < 4.78 is 74.6. The van der Waals surface area contributed by atoms with Gasteiger partial charge in [0.2, 0.25) is 5.91 Å². The molecule has 0 atom stereocenters. The van der Waals surface area contributed by atoms with E-state index in [-0.39, 0.29) is 6.07 Å². The van der Waals surface area contributed by atoms with Gasteiger partial charge in [0.1, 0.15) is 0 Å². The van der Waals surface area contributed by atoms with Gasteiger partial charge in [-0.15, -0.1) is 0 Å². The van der Waals surface area contributed by atoms with E-state index in [0.29, 0.717) is 12.1 Å². The molecule has 4 nitrogen and oxygen atoms in total. The van der Waals surface area contributed by atoms with Crippen molar-refractivity contribution < 1.29 is 41.0 Å². The summed E-state index contributed by atoms with van der Waals surface area (Å²) in [7, 11) is 0. The SMILES string of the molecule is CC(=O)O.NC(=O)c1cccc(C(F)(F)F)c1C(F)(F)F. The van der Waals surface area contributed by atoms with Crippen LogP contribution in [0.1, 0.15) is 28.4 Å². The van der Waals surface area contributed by atoms with Crippen molar-refractivity contribution >= 4 is 11.9 Å². The number of primary amides is 1. The summed E-state index contributed by atoms with van der Waals surface area (Å²) in [5.74, 6) is -2.40. The number of amides is 1. The molecule has 0 heterocycles. The van der Waals surface area contributed by atoms with Crippen molar-refractivity contribution in [2.45, 2.75) is 19.3 Å². The lowest BCUT2D eigenvalue weighted by Crippen LogP contribution is -2.23. The van der Waals surface area contributed by atoms with Gasteiger partial charge in [0.05, 0.1) is 16.7 Å². The highest BCUT2D eigenvalue weighted by molar-refractivity contribution is 5.95. The minimum Gasteiger partial charge on any atom is -0.481 e. The number of carboxylic acid groups (broad SMARTS) is 1. The highest BCUT2D eigenvalue weighted by atomic mass is 19.4. The number of alkyl halides is 6. The molecule has 118 valence electrons. The number of carboxylic acids is 1. The van der Waals surface area contributed by atoms with Gasteiger partial charge < -0.3 is 10.8 Å². The molecule has 1 aromatic carbocycles. The summed E-state index contributed by atoms with van der Waals surface area (Å²) in [6.07, 6.45) is -10.5. The van der Waals surface area contributed by atoms with Gasteiger partial charge in [-0.1, -0.05) is 6.07 Å². The van der Waals surface area contributed by atoms with E-state index in [1.54, 1.807) is 0 Å². The number of carbonyl (C=O) groups is 2. The predicted molar refractivity (Wildman–Crippen MR) is 58.3 cm³/mol. The maximum Gasteiger partial charge on any atom is 0.417 e. The molecule has 10 heteroatoms. The molecule has 0 aliphatic carbocycles. The summed E-state index contributed by atoms with van der Waals surface area (Å²) in [5.41, 5.74) is -0.569. The number of carbonyl (C=O) groups excluding carboxylic acids is 1. The van der Waals surface area contributed by atoms with E-state index < -0.39 is 40.9 Å². The minimum absolute atomic E-state index is 0.245. The first kappa shape index (κ1) is 18.7. The van der Waals surface area contributed by atoms with Gasteiger partial charge in [-0.3, -0.25) is 9.59 Å². The zero-order valence-corrected chi connectivity index (χ0v) is 10.3. The molecule has 0 unspecified atom stereocenters. The van der Waals surface area contributed by atoms with Gasteiger partial charge >= 0.3 is 12.4 Å². The van der Waals surface area contributed by atoms with Crippen LogP contribution in [0, 0.1) is 0 Å². The summed E-state index contributed by atoms with van der Waals surface area (Å²) in [4.78, 5) is 19.7. The number of hydrogen-bond acceptors (Lipinski definition) is 2. The van der Waals surface area contributed by atoms with E-state index in [4.69, 9.17) is 9.90 Å². The quantitative estimate of drug-likeness (QED) is 0.782. The number of nitrogens with two attached hydrogens (primary N) is 1. The van der Waals surface area contributed by atoms with Crippen molar-refractivity contribution in [3.05, 3.63) is 34.9 Å². The first-order chi connectivity index (χ1) is 9.28. The third-order valence-corrected chi connectivity index (χ3v) is 1.92. The molecule has 0 spiro atoms. The van der Waals surface area contributed by atoms with Gasteiger partial charge in [0.15, 0.2) is 0 Å². The number of benzene rings is 1. The lowest BCUT2D eigenvalue weighted by atomic mass is 9.99. The van der Waals surface area contributed by atoms with Crippen LogP contribution >= 0.6 is 0 Å². The Morgan fingerprint density at radius 1 is 1.05 bits per heavy atom. The largest absolute Gasteiger partial charge is 0.481 e. The van der Waals surface area contributed by atoms with Crippen LogP contribution < -0.4 is 5.73 Å². The number of rotatable bonds is 1. The van der Waals surface area contributed by atoms with Crippen LogP contribution in [0.25, 0.3) is 0 Å². The Labute approximate surface area is 114 Å². The first-order valence-electron chi connectivity index (χ1n) is 5.05. The van der Waals surface area contributed by atoms with Gasteiger partial charge in [-0.05, 0) is 12.1 Å². The third kappa shape index (κ3) is 5.71. The van der Waals surface area contributed by atoms with Gasteiger partial charge in [-0.25, -0.2) is 0 Å². The summed E-state index contributed by atoms with van der Waals surface area (Å²) in [6, 6.07) is 1.54. The average Bonchev–Trinajstić information content (AvgIpc) is 2.24. The topological polar surface area (TPSA) is 80.4 Å². The second-order valence-electron chi connectivity index (χ2n) is 3.61. The molecular weight excluding hydrogens is 308 g/mol. The molecule has 0 radical (unpaired) electrons. The summed E-state index contributed by atoms with van der Waals surface area (Å²) >= 11 is 0. The zero-order valence-electron chi connectivity index (χ0n) is 10.3. The highest BCUT2D eigenvalue weighted by Crippen LogP contribution is 2.41. The minimum atomic E-state index is -5.31. The summed E-state index contributed by atoms with van der Waals surface area (Å²) in [5, 5.41) is 7.42. The molecule has 0 aromatic heterocycles. The van der Waals surface area contributed by atoms with Crippen molar-refractivity contribution in [3.63, 3.8) is 0 Å². The Balaban J connectivity index is 0.000000885. The molecule has 0 aliphatic heterocycles. The van der Waals surface area contributed by atoms with Crippen LogP contribution in [-0.4, -0.2) is 17.0 Å². The van der Waals surface area contributed by atoms with E-state index >= 15 is 0 Å². The molecular formula is C11H9F6NO3. The Bertz CT molecular complexity index is 532. The van der Waals surface area contributed by atoms with Crippen molar-refractivity contribution in [1.82, 2.24) is 0 Å². The van der Waals surface area contributed by atoms with Crippen LogP contribution in [0.5, 0.6) is 0 Å². The van der Waals surface area contributed by atoms with E-state index in [2.05, 4.69) is 5.73 Å². The molecule has 0 bridgehead atoms. The molecule has 21 heavy (non-hydrogen) atoms. The fourth-order valence-electron chi connectivity index (χ4n) is 1.30. The monoisotopic (exact) mass is 317 g/mol. The van der Waals surface area contributed by atoms with Crippen LogP contribution in [0.3, 0.4) is 0 Å². The second-order valence-corrected chi connectivity index (χ2v) is 3.61. The van der Waals surface area contributed by atoms with Crippen molar-refractivity contribution in [2.75, 3.05) is 0 Å². The van der Waals surface area contributed by atoms with Gasteiger partial charge in [0, 0.05) is 6.92 Å². The molecule has 1 aromatic rings. The molecule has 0 aliphatic rings. The zero-order chi connectivity index (χ0) is 17.0. The molecule has 0 fully saturated rings. The van der Waals surface area contributed by atoms with Gasteiger partial charge in [0.25, 0.3) is 5.97 Å². The molecule has 0 saturated carbocycles. The number of hydrogen-bond donors (Lipinski definition) is 2. The Morgan fingerprint density at radius 3 is 1.76 bits per heavy atom. The normalized spacial score (nSPS) is 11.4. The average molecular weight is 317 g/mol. The maximum atomic E-state index is 12.5. The van der Waals surface area contributed by atoms with E-state index in [1.807, 2.05) is 0 Å². The van der Waals surface area contributed by atoms with Crippen molar-refractivity contribution in [1.29, 1.82) is 0 Å². The Kier molecular flexibility index (Phi) is 5.77. The number of aliphatic carboxylic acids is 1. The molecule has 3 N–H and O–H groups in total. The smallest absolute Gasteiger partial charge is 0.417 e. The first-order valence-corrected chi connectivity index (χ1v) is 5.05. The number of halogens is 6. The van der Waals surface area contributed by atoms with Crippen LogP contribution in [0.2, 0.25) is 0 Å². The van der Waals surface area contributed by atoms with Gasteiger partial charge in [-0.2, -0.15) is 26.3 Å². The van der Waals surface area contributed by atoms with E-state index in [9.17, 15) is 31.1 Å². The third-order valence-electron chi connectivity index (χ3n) is 1.92. The lowest BCUT2D eigenvalue weighted by Gasteiger charge is -2.17. The van der Waals surface area contributed by atoms with Crippen molar-refractivity contribution in [2.24, 2.45) is 5.73 Å². The fraction of sp³-hybridized carbons (Fsp3) is 0.273. The predicted octanol–water partition coefficient (Wildman–Crippen LogP) is 2.91. The summed E-state index contributed by atoms with van der Waals surface area (Å²) in [6.45, 7) is 1.08. The van der Waals surface area contributed by atoms with E-state index in [0.717, 1.165) is 6.92 Å². The highest BCUT2D eigenvalue weighted by Gasteiger charge is 2.45. The van der Waals surface area contributed by atoms with Crippen molar-refractivity contribution in [3.8, 4) is 0 Å². The molecule has 0 saturated heterocycles. The molecule has 1 rings (SSSR count). The Morgan fingerprint density at radius 2 is 1.48 bits per heavy atom. The van der Waals surface area contributed by atoms with Crippen LogP contribution in [0.4, 0.5) is 26.3 Å². The maximum absolute atomic E-state index is 12.5. The fourth-order valence-corrected chi connectivity index (χ4v) is 1.30. The lowest BCUT2D eigenvalue weighted by molar-refractivity contribution is -0.162. The second kappa shape index (κ2) is 6.46.